The van der Waals surface area contributed by atoms with Crippen LogP contribution in [0.25, 0.3) is 0 Å². The van der Waals surface area contributed by atoms with E-state index in [4.69, 9.17) is 15.6 Å². The third kappa shape index (κ3) is 4.35. The number of carbonyl (C=O) groups is 2. The van der Waals surface area contributed by atoms with Crippen molar-refractivity contribution >= 4 is 11.8 Å². The minimum absolute atomic E-state index is 0.0207. The summed E-state index contributed by atoms with van der Waals surface area (Å²) in [7, 11) is 0. The van der Waals surface area contributed by atoms with E-state index in [1.165, 1.54) is 6.92 Å². The van der Waals surface area contributed by atoms with Crippen molar-refractivity contribution in [2.75, 3.05) is 13.2 Å². The van der Waals surface area contributed by atoms with Gasteiger partial charge in [0, 0.05) is 13.0 Å². The molecule has 1 fully saturated rings. The number of ether oxygens (including phenoxy) is 1. The van der Waals surface area contributed by atoms with Crippen LogP contribution in [-0.4, -0.2) is 75.9 Å². The number of amides is 2. The highest BCUT2D eigenvalue weighted by Gasteiger charge is 2.46. The zero-order chi connectivity index (χ0) is 16.2. The molecule has 1 aliphatic rings. The Morgan fingerprint density at radius 1 is 1.24 bits per heavy atom. The summed E-state index contributed by atoms with van der Waals surface area (Å²) in [5.41, 5.74) is 4.95. The molecule has 0 aromatic rings. The standard InChI is InChI=1S/C12H22N2O7/c1-5(12(20)14-3-2-7(13)16)11-10(19)9(18)8(17)6(4-15)21-11/h5-6,8-11,15,17-19H,2-4H2,1H3,(H2,13,16)(H,14,20)/t5?,6-,8-,9+,10?,11?/m1/s1. The lowest BCUT2D eigenvalue weighted by atomic mass is 9.88. The minimum Gasteiger partial charge on any atom is -0.394 e. The molecule has 1 rings (SSSR count). The first kappa shape index (κ1) is 17.8. The number of nitrogens with one attached hydrogen (secondary N) is 1. The van der Waals surface area contributed by atoms with Gasteiger partial charge in [0.25, 0.3) is 0 Å². The number of nitrogens with two attached hydrogens (primary N) is 1. The van der Waals surface area contributed by atoms with Gasteiger partial charge in [0.15, 0.2) is 0 Å². The summed E-state index contributed by atoms with van der Waals surface area (Å²) >= 11 is 0. The molecule has 21 heavy (non-hydrogen) atoms. The van der Waals surface area contributed by atoms with Crippen molar-refractivity contribution in [1.29, 1.82) is 0 Å². The highest BCUT2D eigenvalue weighted by atomic mass is 16.5. The first-order chi connectivity index (χ1) is 9.79. The molecule has 0 aromatic carbocycles. The first-order valence-corrected chi connectivity index (χ1v) is 6.66. The number of hydrogen-bond donors (Lipinski definition) is 6. The summed E-state index contributed by atoms with van der Waals surface area (Å²) in [5.74, 6) is -1.92. The fourth-order valence-electron chi connectivity index (χ4n) is 2.16. The maximum atomic E-state index is 11.9. The highest BCUT2D eigenvalue weighted by molar-refractivity contribution is 5.80. The molecule has 1 aliphatic heterocycles. The van der Waals surface area contributed by atoms with E-state index in [1.807, 2.05) is 0 Å². The van der Waals surface area contributed by atoms with Crippen LogP contribution in [0.3, 0.4) is 0 Å². The number of aliphatic hydroxyl groups is 4. The lowest BCUT2D eigenvalue weighted by Gasteiger charge is -2.41. The lowest BCUT2D eigenvalue weighted by molar-refractivity contribution is -0.238. The molecule has 0 aromatic heterocycles. The van der Waals surface area contributed by atoms with Gasteiger partial charge in [-0.2, -0.15) is 0 Å². The topological polar surface area (TPSA) is 162 Å². The van der Waals surface area contributed by atoms with Crippen LogP contribution in [0.5, 0.6) is 0 Å². The summed E-state index contributed by atoms with van der Waals surface area (Å²) in [6, 6.07) is 0. The summed E-state index contributed by atoms with van der Waals surface area (Å²) < 4.78 is 5.28. The predicted octanol–water partition coefficient (Wildman–Crippen LogP) is -3.54. The van der Waals surface area contributed by atoms with Gasteiger partial charge in [-0.05, 0) is 0 Å². The maximum absolute atomic E-state index is 11.9. The summed E-state index contributed by atoms with van der Waals surface area (Å²) in [5, 5.41) is 40.7. The van der Waals surface area contributed by atoms with Gasteiger partial charge in [0.05, 0.1) is 18.6 Å². The second kappa shape index (κ2) is 7.66. The second-order valence-corrected chi connectivity index (χ2v) is 5.09. The molecule has 1 heterocycles. The second-order valence-electron chi connectivity index (χ2n) is 5.09. The molecule has 122 valence electrons. The van der Waals surface area contributed by atoms with E-state index in [0.717, 1.165) is 0 Å². The van der Waals surface area contributed by atoms with Crippen LogP contribution in [0.1, 0.15) is 13.3 Å². The number of aliphatic hydroxyl groups excluding tert-OH is 4. The van der Waals surface area contributed by atoms with Crippen LogP contribution in [0.15, 0.2) is 0 Å². The molecule has 0 aliphatic carbocycles. The Labute approximate surface area is 121 Å². The van der Waals surface area contributed by atoms with Crippen molar-refractivity contribution in [2.45, 2.75) is 43.9 Å². The number of primary amides is 1. The van der Waals surface area contributed by atoms with Crippen LogP contribution in [-0.2, 0) is 14.3 Å². The average Bonchev–Trinajstić information content (AvgIpc) is 2.44. The van der Waals surface area contributed by atoms with Crippen molar-refractivity contribution in [2.24, 2.45) is 11.7 Å². The van der Waals surface area contributed by atoms with Gasteiger partial charge in [-0.25, -0.2) is 0 Å². The minimum atomic E-state index is -1.53. The molecule has 0 spiro atoms. The van der Waals surface area contributed by atoms with Gasteiger partial charge in [0.1, 0.15) is 24.4 Å². The van der Waals surface area contributed by atoms with Crippen LogP contribution in [0.2, 0.25) is 0 Å². The molecule has 0 saturated carbocycles. The molecular formula is C12H22N2O7. The smallest absolute Gasteiger partial charge is 0.225 e. The van der Waals surface area contributed by atoms with Crippen molar-refractivity contribution in [3.8, 4) is 0 Å². The third-order valence-electron chi connectivity index (χ3n) is 3.51. The Morgan fingerprint density at radius 3 is 2.38 bits per heavy atom. The quantitative estimate of drug-likeness (QED) is 0.296. The Balaban J connectivity index is 2.64. The fraction of sp³-hybridized carbons (Fsp3) is 0.833. The van der Waals surface area contributed by atoms with Gasteiger partial charge >= 0.3 is 0 Å². The Hall–Kier alpha value is -1.26. The summed E-state index contributed by atoms with van der Waals surface area (Å²) in [4.78, 5) is 22.5. The molecule has 9 nitrogen and oxygen atoms in total. The Bertz CT molecular complexity index is 377. The van der Waals surface area contributed by atoms with Gasteiger partial charge in [-0.3, -0.25) is 9.59 Å². The van der Waals surface area contributed by atoms with Gasteiger partial charge in [-0.1, -0.05) is 6.92 Å². The molecule has 6 atom stereocenters. The largest absolute Gasteiger partial charge is 0.394 e. The van der Waals surface area contributed by atoms with E-state index in [2.05, 4.69) is 5.32 Å². The number of carbonyl (C=O) groups excluding carboxylic acids is 2. The zero-order valence-corrected chi connectivity index (χ0v) is 11.7. The molecule has 3 unspecified atom stereocenters. The molecule has 0 radical (unpaired) electrons. The predicted molar refractivity (Wildman–Crippen MR) is 69.8 cm³/mol. The van der Waals surface area contributed by atoms with Crippen molar-refractivity contribution in [3.05, 3.63) is 0 Å². The van der Waals surface area contributed by atoms with E-state index >= 15 is 0 Å². The maximum Gasteiger partial charge on any atom is 0.225 e. The van der Waals surface area contributed by atoms with E-state index in [9.17, 15) is 24.9 Å². The summed E-state index contributed by atoms with van der Waals surface area (Å²) in [6.07, 6.45) is -6.64. The molecule has 9 heteroatoms. The zero-order valence-electron chi connectivity index (χ0n) is 11.7. The van der Waals surface area contributed by atoms with E-state index in [1.54, 1.807) is 0 Å². The number of rotatable bonds is 6. The lowest BCUT2D eigenvalue weighted by Crippen LogP contribution is -2.61. The van der Waals surface area contributed by atoms with Crippen molar-refractivity contribution in [3.63, 3.8) is 0 Å². The molecule has 7 N–H and O–H groups in total. The molecule has 1 saturated heterocycles. The van der Waals surface area contributed by atoms with E-state index < -0.39 is 54.9 Å². The average molecular weight is 306 g/mol. The Kier molecular flexibility index (Phi) is 6.49. The van der Waals surface area contributed by atoms with Gasteiger partial charge in [0.2, 0.25) is 11.8 Å². The monoisotopic (exact) mass is 306 g/mol. The normalized spacial score (nSPS) is 34.2. The van der Waals surface area contributed by atoms with Crippen LogP contribution < -0.4 is 11.1 Å². The van der Waals surface area contributed by atoms with Crippen molar-refractivity contribution < 1.29 is 34.8 Å². The summed E-state index contributed by atoms with van der Waals surface area (Å²) in [6.45, 7) is 0.958. The number of hydrogen-bond acceptors (Lipinski definition) is 7. The molecule has 0 bridgehead atoms. The first-order valence-electron chi connectivity index (χ1n) is 6.66. The molecular weight excluding hydrogens is 284 g/mol. The SMILES string of the molecule is CC(C(=O)NCCC(N)=O)C1O[C@H](CO)[C@@H](O)[C@H](O)C1O. The van der Waals surface area contributed by atoms with Crippen LogP contribution in [0, 0.1) is 5.92 Å². The van der Waals surface area contributed by atoms with Crippen molar-refractivity contribution in [1.82, 2.24) is 5.32 Å². The highest BCUT2D eigenvalue weighted by Crippen LogP contribution is 2.26. The Morgan fingerprint density at radius 2 is 1.86 bits per heavy atom. The van der Waals surface area contributed by atoms with Crippen LogP contribution >= 0.6 is 0 Å². The third-order valence-corrected chi connectivity index (χ3v) is 3.51. The van der Waals surface area contributed by atoms with Gasteiger partial charge < -0.3 is 36.2 Å². The molecule has 2 amide bonds. The van der Waals surface area contributed by atoms with E-state index in [-0.39, 0.29) is 13.0 Å². The van der Waals surface area contributed by atoms with E-state index in [0.29, 0.717) is 0 Å². The fourth-order valence-corrected chi connectivity index (χ4v) is 2.16. The van der Waals surface area contributed by atoms with Crippen LogP contribution in [0.4, 0.5) is 0 Å². The van der Waals surface area contributed by atoms with Gasteiger partial charge in [-0.15, -0.1) is 0 Å².